The van der Waals surface area contributed by atoms with Crippen LogP contribution in [0, 0.1) is 13.8 Å². The van der Waals surface area contributed by atoms with Crippen LogP contribution in [0.2, 0.25) is 0 Å². The van der Waals surface area contributed by atoms with Crippen LogP contribution in [-0.4, -0.2) is 99.5 Å². The first-order valence-corrected chi connectivity index (χ1v) is 20.4. The summed E-state index contributed by atoms with van der Waals surface area (Å²) in [7, 11) is 1.31. The Hall–Kier alpha value is -5.72. The van der Waals surface area contributed by atoms with E-state index >= 15 is 0 Å². The minimum absolute atomic E-state index is 0.0517. The molecule has 4 unspecified atom stereocenters. The summed E-state index contributed by atoms with van der Waals surface area (Å²) < 4.78 is 23.2. The number of aliphatic hydroxyl groups is 2. The van der Waals surface area contributed by atoms with E-state index in [9.17, 15) is 49.2 Å². The Labute approximate surface area is 357 Å². The van der Waals surface area contributed by atoms with Crippen molar-refractivity contribution in [2.75, 3.05) is 13.7 Å². The van der Waals surface area contributed by atoms with Crippen molar-refractivity contribution in [3.05, 3.63) is 80.4 Å². The van der Waals surface area contributed by atoms with Gasteiger partial charge in [0, 0.05) is 72.4 Å². The summed E-state index contributed by atoms with van der Waals surface area (Å²) >= 11 is 0. The van der Waals surface area contributed by atoms with Crippen LogP contribution in [0.25, 0.3) is 0 Å². The van der Waals surface area contributed by atoms with Gasteiger partial charge in [0.05, 0.1) is 48.5 Å². The van der Waals surface area contributed by atoms with Gasteiger partial charge in [0.2, 0.25) is 17.6 Å². The van der Waals surface area contributed by atoms with Gasteiger partial charge in [-0.1, -0.05) is 39.0 Å². The van der Waals surface area contributed by atoms with Crippen LogP contribution in [0.3, 0.4) is 0 Å². The fourth-order valence-electron chi connectivity index (χ4n) is 8.82. The minimum Gasteiger partial charge on any atom is -0.507 e. The lowest BCUT2D eigenvalue weighted by Gasteiger charge is -2.42. The van der Waals surface area contributed by atoms with Crippen molar-refractivity contribution < 1.29 is 68.1 Å². The summed E-state index contributed by atoms with van der Waals surface area (Å²) in [6, 6.07) is 6.98. The molecule has 1 fully saturated rings. The highest BCUT2D eigenvalue weighted by Crippen LogP contribution is 2.52. The van der Waals surface area contributed by atoms with E-state index in [0.717, 1.165) is 5.56 Å². The smallest absolute Gasteiger partial charge is 0.312 e. The molecule has 0 spiro atoms. The Balaban J connectivity index is 1.32. The normalized spacial score (nSPS) is 23.1. The van der Waals surface area contributed by atoms with Crippen LogP contribution in [-0.2, 0) is 40.5 Å². The van der Waals surface area contributed by atoms with Crippen LogP contribution in [0.4, 0.5) is 0 Å². The van der Waals surface area contributed by atoms with Crippen molar-refractivity contribution in [1.82, 2.24) is 10.6 Å². The number of carbonyl (C=O) groups is 6. The monoisotopic (exact) mass is 859 g/mol. The van der Waals surface area contributed by atoms with E-state index in [0.29, 0.717) is 11.1 Å². The summed E-state index contributed by atoms with van der Waals surface area (Å²) in [5, 5.41) is 51.3. The maximum absolute atomic E-state index is 14.2. The van der Waals surface area contributed by atoms with Gasteiger partial charge in [-0.2, -0.15) is 0 Å². The molecule has 3 amide bonds. The first-order valence-electron chi connectivity index (χ1n) is 20.4. The van der Waals surface area contributed by atoms with E-state index in [4.69, 9.17) is 24.7 Å². The maximum Gasteiger partial charge on any atom is 0.312 e. The summed E-state index contributed by atoms with van der Waals surface area (Å²) in [6.07, 6.45) is -6.21. The highest BCUT2D eigenvalue weighted by molar-refractivity contribution is 6.31. The number of imide groups is 1. The number of ketones is 2. The predicted molar refractivity (Wildman–Crippen MR) is 220 cm³/mol. The van der Waals surface area contributed by atoms with E-state index < -0.39 is 106 Å². The Kier molecular flexibility index (Phi) is 13.0. The number of hydrogen-bond acceptors (Lipinski definition) is 15. The number of fused-ring (bicyclic) bond motifs is 3. The van der Waals surface area contributed by atoms with Crippen molar-refractivity contribution in [3.8, 4) is 23.0 Å². The molecule has 6 atom stereocenters. The van der Waals surface area contributed by atoms with Gasteiger partial charge in [-0.15, -0.1) is 0 Å². The number of phenolic OH excluding ortho intramolecular Hbond substituents is 2. The second-order valence-electron chi connectivity index (χ2n) is 16.9. The number of aliphatic hydroxyl groups excluding tert-OH is 1. The molecule has 0 radical (unpaired) electrons. The number of benzene rings is 3. The number of esters is 1. The highest BCUT2D eigenvalue weighted by atomic mass is 16.7. The third-order valence-electron chi connectivity index (χ3n) is 11.7. The van der Waals surface area contributed by atoms with Gasteiger partial charge in [-0.05, 0) is 44.0 Å². The number of rotatable bonds is 12. The zero-order chi connectivity index (χ0) is 45.6. The molecule has 3 aliphatic rings. The van der Waals surface area contributed by atoms with E-state index in [-0.39, 0.29) is 71.9 Å². The third kappa shape index (κ3) is 8.67. The number of hydrogen-bond donors (Lipinski definition) is 7. The lowest BCUT2D eigenvalue weighted by atomic mass is 9.72. The summed E-state index contributed by atoms with van der Waals surface area (Å²) in [5.41, 5.74) is 2.69. The van der Waals surface area contributed by atoms with Gasteiger partial charge in [0.15, 0.2) is 17.7 Å². The molecular weight excluding hydrogens is 807 g/mol. The zero-order valence-electron chi connectivity index (χ0n) is 35.7. The maximum atomic E-state index is 14.2. The van der Waals surface area contributed by atoms with Crippen molar-refractivity contribution >= 4 is 35.3 Å². The van der Waals surface area contributed by atoms with Crippen LogP contribution in [0.5, 0.6) is 23.0 Å². The number of phenols is 2. The molecule has 6 rings (SSSR count). The molecule has 1 heterocycles. The lowest BCUT2D eigenvalue weighted by Crippen LogP contribution is -2.55. The summed E-state index contributed by atoms with van der Waals surface area (Å²) in [5.74, 6) is -5.80. The molecule has 0 aromatic heterocycles. The second kappa shape index (κ2) is 17.6. The Bertz CT molecular complexity index is 2350. The van der Waals surface area contributed by atoms with Crippen LogP contribution in [0.15, 0.2) is 30.3 Å². The van der Waals surface area contributed by atoms with Crippen molar-refractivity contribution in [2.45, 2.75) is 122 Å². The molecule has 17 nitrogen and oxygen atoms in total. The molecule has 0 saturated carbocycles. The van der Waals surface area contributed by atoms with Gasteiger partial charge in [-0.25, -0.2) is 0 Å². The van der Waals surface area contributed by atoms with Gasteiger partial charge in [0.25, 0.3) is 5.91 Å². The number of ether oxygens (including phenoxy) is 4. The number of methoxy groups -OCH3 is 1. The van der Waals surface area contributed by atoms with Gasteiger partial charge in [0.1, 0.15) is 23.0 Å². The highest BCUT2D eigenvalue weighted by Gasteiger charge is 2.51. The minimum atomic E-state index is -2.53. The zero-order valence-corrected chi connectivity index (χ0v) is 35.7. The fourth-order valence-corrected chi connectivity index (χ4v) is 8.82. The lowest BCUT2D eigenvalue weighted by molar-refractivity contribution is -0.247. The molecule has 17 heteroatoms. The largest absolute Gasteiger partial charge is 0.507 e. The van der Waals surface area contributed by atoms with Crippen LogP contribution in [0.1, 0.15) is 126 Å². The first-order chi connectivity index (χ1) is 29.1. The molecule has 332 valence electrons. The van der Waals surface area contributed by atoms with Crippen molar-refractivity contribution in [2.24, 2.45) is 5.73 Å². The van der Waals surface area contributed by atoms with E-state index in [2.05, 4.69) is 10.6 Å². The Morgan fingerprint density at radius 3 is 2.35 bits per heavy atom. The fraction of sp³-hybridized carbons (Fsp3) is 0.467. The molecule has 0 bridgehead atoms. The van der Waals surface area contributed by atoms with Gasteiger partial charge in [-0.3, -0.25) is 34.1 Å². The topological polar surface area (TPSA) is 270 Å². The molecule has 1 saturated heterocycles. The predicted octanol–water partition coefficient (Wildman–Crippen LogP) is 2.89. The SMILES string of the molecule is CCC(=O)NCCC(=O)Oc1cc(C)cc(C)c1C(C)(C)CC(=O)NC(=O)[C@]1(O)Cc2c(O)c3c(c(O)c2[C@@H](OC2CC(N)C(O)C(C)O2)C1)C(=O)c1c(OC)cccc1C3=O. The molecule has 8 N–H and O–H groups in total. The van der Waals surface area contributed by atoms with Crippen LogP contribution >= 0.6 is 0 Å². The van der Waals surface area contributed by atoms with Crippen molar-refractivity contribution in [1.29, 1.82) is 0 Å². The molecule has 62 heavy (non-hydrogen) atoms. The number of aromatic hydroxyl groups is 2. The molecule has 1 aliphatic heterocycles. The molecule has 3 aromatic carbocycles. The Morgan fingerprint density at radius 2 is 1.69 bits per heavy atom. The number of carbonyl (C=O) groups excluding carboxylic acids is 6. The number of amides is 3. The average Bonchev–Trinajstić information content (AvgIpc) is 3.18. The second-order valence-corrected chi connectivity index (χ2v) is 16.9. The number of nitrogens with two attached hydrogens (primary N) is 1. The van der Waals surface area contributed by atoms with Gasteiger partial charge < -0.3 is 50.4 Å². The standard InChI is InChI=1S/C45H53N3O14/c1-8-29(49)47-13-12-31(51)61-27-15-20(2)14-21(3)37(27)44(5,6)19-30(50)48-43(57)45(58)17-24-34(28(18-45)62-32-16-25(46)38(52)22(4)60-32)42(56)36-35(40(24)54)39(53)23-10-9-11-26(59-7)33(23)41(36)55/h9-11,14-15,22,25,28,32,38,52,54,56,58H,8,12-13,16-19,46H2,1-7H3,(H,47,49)(H,48,50,57)/t22?,25?,28-,32?,38?,45-/m0/s1. The third-order valence-corrected chi connectivity index (χ3v) is 11.7. The number of aryl methyl sites for hydroxylation is 2. The average molecular weight is 860 g/mol. The van der Waals surface area contributed by atoms with E-state index in [1.807, 2.05) is 13.0 Å². The number of nitrogens with one attached hydrogen (secondary N) is 2. The summed E-state index contributed by atoms with van der Waals surface area (Å²) in [6.45, 7) is 10.3. The quantitative estimate of drug-likeness (QED) is 0.0613. The van der Waals surface area contributed by atoms with Crippen LogP contribution < -0.4 is 25.8 Å². The first kappa shape index (κ1) is 45.8. The summed E-state index contributed by atoms with van der Waals surface area (Å²) in [4.78, 5) is 80.6. The van der Waals surface area contributed by atoms with E-state index in [1.54, 1.807) is 40.7 Å². The van der Waals surface area contributed by atoms with Crippen molar-refractivity contribution in [3.63, 3.8) is 0 Å². The Morgan fingerprint density at radius 1 is 1.00 bits per heavy atom. The molecule has 2 aliphatic carbocycles. The molecule has 3 aromatic rings. The molecular formula is C45H53N3O14. The van der Waals surface area contributed by atoms with Gasteiger partial charge >= 0.3 is 5.97 Å². The van der Waals surface area contributed by atoms with E-state index in [1.165, 1.54) is 25.3 Å².